The number of aliphatic hydroxyl groups is 1. The minimum Gasteiger partial charge on any atom is -0.382 e. The molecule has 0 spiro atoms. The first-order valence-electron chi connectivity index (χ1n) is 9.28. The molecule has 0 aliphatic carbocycles. The lowest BCUT2D eigenvalue weighted by Gasteiger charge is -2.28. The highest BCUT2D eigenvalue weighted by Gasteiger charge is 2.23. The number of benzene rings is 1. The standard InChI is InChI=1S/C20H29N3O2/c1-21-9-5-8-19(21)15-23(14-18-6-3-2-4-7-18)17-20(24)16-22-10-12-25-13-11-22/h2-9,20,24H,10-17H2,1H3/p+2/t20-/m0/s1. The number of rotatable bonds is 8. The van der Waals surface area contributed by atoms with Crippen molar-refractivity contribution in [1.82, 2.24) is 4.57 Å². The third-order valence-electron chi connectivity index (χ3n) is 5.03. The largest absolute Gasteiger partial charge is 0.382 e. The van der Waals surface area contributed by atoms with Crippen molar-refractivity contribution in [2.75, 3.05) is 39.4 Å². The molecule has 0 amide bonds. The zero-order valence-electron chi connectivity index (χ0n) is 15.2. The number of ether oxygens (including phenoxy) is 1. The molecule has 5 nitrogen and oxygen atoms in total. The second-order valence-corrected chi connectivity index (χ2v) is 7.12. The zero-order valence-corrected chi connectivity index (χ0v) is 15.2. The number of nitrogens with zero attached hydrogens (tertiary/aromatic N) is 1. The Hall–Kier alpha value is -1.66. The van der Waals surface area contributed by atoms with E-state index in [4.69, 9.17) is 4.74 Å². The van der Waals surface area contributed by atoms with Gasteiger partial charge in [-0.25, -0.2) is 0 Å². The van der Waals surface area contributed by atoms with E-state index in [1.165, 1.54) is 21.1 Å². The third kappa shape index (κ3) is 5.68. The summed E-state index contributed by atoms with van der Waals surface area (Å²) in [7, 11) is 2.09. The van der Waals surface area contributed by atoms with Gasteiger partial charge in [0.15, 0.2) is 6.10 Å². The van der Waals surface area contributed by atoms with Crippen LogP contribution in [0.1, 0.15) is 11.3 Å². The average molecular weight is 345 g/mol. The Kier molecular flexibility index (Phi) is 6.64. The molecule has 0 bridgehead atoms. The molecule has 3 rings (SSSR count). The lowest BCUT2D eigenvalue weighted by atomic mass is 10.2. The summed E-state index contributed by atoms with van der Waals surface area (Å²) >= 11 is 0. The monoisotopic (exact) mass is 345 g/mol. The summed E-state index contributed by atoms with van der Waals surface area (Å²) in [6.07, 6.45) is 1.80. The molecule has 1 unspecified atom stereocenters. The number of quaternary nitrogens is 2. The van der Waals surface area contributed by atoms with Crippen molar-refractivity contribution < 1.29 is 19.6 Å². The van der Waals surface area contributed by atoms with Crippen molar-refractivity contribution in [2.24, 2.45) is 7.05 Å². The zero-order chi connectivity index (χ0) is 17.5. The Balaban J connectivity index is 1.61. The van der Waals surface area contributed by atoms with E-state index in [0.717, 1.165) is 52.5 Å². The summed E-state index contributed by atoms with van der Waals surface area (Å²) in [4.78, 5) is 2.85. The van der Waals surface area contributed by atoms with E-state index < -0.39 is 0 Å². The van der Waals surface area contributed by atoms with Crippen LogP contribution in [0.2, 0.25) is 0 Å². The molecule has 5 heteroatoms. The minimum absolute atomic E-state index is 0.285. The summed E-state index contributed by atoms with van der Waals surface area (Å²) in [5.41, 5.74) is 2.62. The van der Waals surface area contributed by atoms with Crippen molar-refractivity contribution in [3.8, 4) is 0 Å². The third-order valence-corrected chi connectivity index (χ3v) is 5.03. The molecule has 136 valence electrons. The predicted molar refractivity (Wildman–Crippen MR) is 97.5 cm³/mol. The van der Waals surface area contributed by atoms with Crippen molar-refractivity contribution in [3.05, 3.63) is 59.9 Å². The molecule has 1 aliphatic rings. The molecule has 0 radical (unpaired) electrons. The van der Waals surface area contributed by atoms with Crippen molar-refractivity contribution >= 4 is 0 Å². The van der Waals surface area contributed by atoms with E-state index in [0.29, 0.717) is 0 Å². The van der Waals surface area contributed by atoms with Crippen LogP contribution in [0.3, 0.4) is 0 Å². The van der Waals surface area contributed by atoms with Gasteiger partial charge in [0.05, 0.1) is 18.9 Å². The van der Waals surface area contributed by atoms with E-state index in [9.17, 15) is 5.11 Å². The summed E-state index contributed by atoms with van der Waals surface area (Å²) < 4.78 is 7.59. The topological polar surface area (TPSA) is 43.3 Å². The Labute approximate surface area is 150 Å². The van der Waals surface area contributed by atoms with Crippen LogP contribution in [0.4, 0.5) is 0 Å². The number of aryl methyl sites for hydroxylation is 1. The Morgan fingerprint density at radius 3 is 2.56 bits per heavy atom. The van der Waals surface area contributed by atoms with Gasteiger partial charge >= 0.3 is 0 Å². The number of nitrogens with one attached hydrogen (secondary N) is 2. The fraction of sp³-hybridized carbons (Fsp3) is 0.500. The summed E-state index contributed by atoms with van der Waals surface area (Å²) in [6.45, 7) is 7.07. The number of hydrogen-bond donors (Lipinski definition) is 3. The highest BCUT2D eigenvalue weighted by Crippen LogP contribution is 1.99. The number of aliphatic hydroxyl groups excluding tert-OH is 1. The van der Waals surface area contributed by atoms with Crippen LogP contribution in [0.15, 0.2) is 48.7 Å². The molecule has 25 heavy (non-hydrogen) atoms. The maximum Gasteiger partial charge on any atom is 0.152 e. The van der Waals surface area contributed by atoms with Gasteiger partial charge in [-0.2, -0.15) is 0 Å². The van der Waals surface area contributed by atoms with Crippen LogP contribution in [-0.4, -0.2) is 55.2 Å². The molecule has 2 atom stereocenters. The van der Waals surface area contributed by atoms with Gasteiger partial charge in [-0.15, -0.1) is 0 Å². The molecule has 1 aromatic heterocycles. The van der Waals surface area contributed by atoms with Gasteiger partial charge in [0.1, 0.15) is 39.3 Å². The first-order valence-corrected chi connectivity index (χ1v) is 9.28. The van der Waals surface area contributed by atoms with E-state index in [1.54, 1.807) is 0 Å². The summed E-state index contributed by atoms with van der Waals surface area (Å²) in [6, 6.07) is 14.8. The highest BCUT2D eigenvalue weighted by molar-refractivity contribution is 5.13. The SMILES string of the molecule is Cn1cccc1C[NH+](Cc1ccccc1)C[C@@H](O)C[NH+]1CCOCC1. The van der Waals surface area contributed by atoms with Gasteiger partial charge in [0, 0.05) is 18.8 Å². The minimum atomic E-state index is -0.285. The Morgan fingerprint density at radius 1 is 1.12 bits per heavy atom. The Bertz CT molecular complexity index is 623. The van der Waals surface area contributed by atoms with Gasteiger partial charge in [-0.1, -0.05) is 30.3 Å². The molecule has 0 saturated carbocycles. The van der Waals surface area contributed by atoms with E-state index in [1.807, 2.05) is 0 Å². The molecule has 2 heterocycles. The molecular formula is C20H31N3O2+2. The summed E-state index contributed by atoms with van der Waals surface area (Å²) in [5, 5.41) is 10.7. The van der Waals surface area contributed by atoms with Crippen LogP contribution in [-0.2, 0) is 24.9 Å². The van der Waals surface area contributed by atoms with Crippen molar-refractivity contribution in [1.29, 1.82) is 0 Å². The first kappa shape index (κ1) is 18.1. The Morgan fingerprint density at radius 2 is 1.88 bits per heavy atom. The second kappa shape index (κ2) is 9.15. The molecule has 1 fully saturated rings. The molecular weight excluding hydrogens is 314 g/mol. The molecule has 1 aromatic carbocycles. The van der Waals surface area contributed by atoms with E-state index in [-0.39, 0.29) is 6.10 Å². The number of aromatic nitrogens is 1. The van der Waals surface area contributed by atoms with Gasteiger partial charge in [-0.05, 0) is 12.1 Å². The molecule has 2 aromatic rings. The van der Waals surface area contributed by atoms with Crippen LogP contribution in [0.5, 0.6) is 0 Å². The van der Waals surface area contributed by atoms with E-state index in [2.05, 4.69) is 60.3 Å². The molecule has 3 N–H and O–H groups in total. The fourth-order valence-electron chi connectivity index (χ4n) is 3.63. The highest BCUT2D eigenvalue weighted by atomic mass is 16.5. The number of morpholine rings is 1. The van der Waals surface area contributed by atoms with Gasteiger partial charge in [0.2, 0.25) is 0 Å². The van der Waals surface area contributed by atoms with Crippen molar-refractivity contribution in [3.63, 3.8) is 0 Å². The second-order valence-electron chi connectivity index (χ2n) is 7.12. The van der Waals surface area contributed by atoms with Crippen LogP contribution >= 0.6 is 0 Å². The predicted octanol–water partition coefficient (Wildman–Crippen LogP) is -1.11. The van der Waals surface area contributed by atoms with Gasteiger partial charge < -0.3 is 24.2 Å². The quantitative estimate of drug-likeness (QED) is 0.568. The molecule has 1 aliphatic heterocycles. The van der Waals surface area contributed by atoms with Gasteiger partial charge in [-0.3, -0.25) is 0 Å². The molecule has 1 saturated heterocycles. The maximum atomic E-state index is 10.7. The van der Waals surface area contributed by atoms with Crippen molar-refractivity contribution in [2.45, 2.75) is 19.2 Å². The fourth-order valence-corrected chi connectivity index (χ4v) is 3.63. The van der Waals surface area contributed by atoms with Gasteiger partial charge in [0.25, 0.3) is 0 Å². The lowest BCUT2D eigenvalue weighted by molar-refractivity contribution is -0.944. The average Bonchev–Trinajstić information content (AvgIpc) is 3.01. The smallest absolute Gasteiger partial charge is 0.152 e. The van der Waals surface area contributed by atoms with Crippen LogP contribution in [0, 0.1) is 0 Å². The lowest BCUT2D eigenvalue weighted by Crippen LogP contribution is -3.17. The maximum absolute atomic E-state index is 10.7. The van der Waals surface area contributed by atoms with Crippen LogP contribution in [0.25, 0.3) is 0 Å². The summed E-state index contributed by atoms with van der Waals surface area (Å²) in [5.74, 6) is 0. The van der Waals surface area contributed by atoms with E-state index >= 15 is 0 Å². The van der Waals surface area contributed by atoms with Crippen LogP contribution < -0.4 is 9.80 Å². The number of hydrogen-bond acceptors (Lipinski definition) is 2. The first-order chi connectivity index (χ1) is 12.2. The normalized spacial score (nSPS) is 18.2.